The molecule has 0 amide bonds. The number of nitrogens with zero attached hydrogens (tertiary/aromatic N) is 2. The molecule has 0 spiro atoms. The number of rotatable bonds is 6. The lowest BCUT2D eigenvalue weighted by atomic mass is 9.95. The van der Waals surface area contributed by atoms with E-state index in [2.05, 4.69) is 27.3 Å². The van der Waals surface area contributed by atoms with Gasteiger partial charge in [-0.25, -0.2) is 4.98 Å². The molecule has 1 aliphatic heterocycles. The molecule has 5 nitrogen and oxygen atoms in total. The van der Waals surface area contributed by atoms with Crippen LogP contribution in [0, 0.1) is 0 Å². The highest BCUT2D eigenvalue weighted by Gasteiger charge is 2.33. The Balaban J connectivity index is 1.70. The standard InChI is InChI=1S/C16H21N3O2/c1-2-20-10-9-14-17-16(19-18-14)13-8-11-21-15(13)12-6-4-3-5-7-12/h3-7,13,15H,2,8-11H2,1H3,(H,17,18,19)/t13-,15+/m0/s1. The van der Waals surface area contributed by atoms with Crippen LogP contribution in [0.4, 0.5) is 0 Å². The van der Waals surface area contributed by atoms with Crippen LogP contribution < -0.4 is 0 Å². The van der Waals surface area contributed by atoms with Crippen LogP contribution in [-0.2, 0) is 15.9 Å². The number of aromatic amines is 1. The Kier molecular flexibility index (Phi) is 4.62. The summed E-state index contributed by atoms with van der Waals surface area (Å²) in [7, 11) is 0. The van der Waals surface area contributed by atoms with Gasteiger partial charge in [0.05, 0.1) is 18.6 Å². The average molecular weight is 287 g/mol. The van der Waals surface area contributed by atoms with Gasteiger partial charge >= 0.3 is 0 Å². The fourth-order valence-electron chi connectivity index (χ4n) is 2.73. The Labute approximate surface area is 124 Å². The molecule has 2 aromatic rings. The van der Waals surface area contributed by atoms with E-state index in [-0.39, 0.29) is 12.0 Å². The van der Waals surface area contributed by atoms with Crippen LogP contribution in [0.15, 0.2) is 30.3 Å². The molecule has 1 aromatic carbocycles. The smallest absolute Gasteiger partial charge is 0.156 e. The molecule has 0 saturated carbocycles. The van der Waals surface area contributed by atoms with Crippen LogP contribution in [0.3, 0.4) is 0 Å². The molecular formula is C16H21N3O2. The van der Waals surface area contributed by atoms with Gasteiger partial charge in [-0.1, -0.05) is 30.3 Å². The molecule has 0 radical (unpaired) electrons. The van der Waals surface area contributed by atoms with Crippen molar-refractivity contribution in [1.29, 1.82) is 0 Å². The van der Waals surface area contributed by atoms with Gasteiger partial charge in [0.2, 0.25) is 0 Å². The molecule has 0 aliphatic carbocycles. The van der Waals surface area contributed by atoms with Crippen molar-refractivity contribution in [2.24, 2.45) is 0 Å². The highest BCUT2D eigenvalue weighted by Crippen LogP contribution is 2.40. The van der Waals surface area contributed by atoms with E-state index in [1.807, 2.05) is 25.1 Å². The summed E-state index contributed by atoms with van der Waals surface area (Å²) in [5, 5.41) is 7.40. The number of hydrogen-bond donors (Lipinski definition) is 1. The van der Waals surface area contributed by atoms with Crippen molar-refractivity contribution in [2.75, 3.05) is 19.8 Å². The minimum absolute atomic E-state index is 0.0572. The van der Waals surface area contributed by atoms with Crippen LogP contribution in [0.2, 0.25) is 0 Å². The van der Waals surface area contributed by atoms with Gasteiger partial charge in [-0.3, -0.25) is 5.10 Å². The van der Waals surface area contributed by atoms with E-state index < -0.39 is 0 Å². The Hall–Kier alpha value is -1.72. The molecule has 1 aliphatic rings. The summed E-state index contributed by atoms with van der Waals surface area (Å²) in [6.45, 7) is 4.15. The Morgan fingerprint density at radius 2 is 2.19 bits per heavy atom. The highest BCUT2D eigenvalue weighted by atomic mass is 16.5. The monoisotopic (exact) mass is 287 g/mol. The normalized spacial score (nSPS) is 21.8. The van der Waals surface area contributed by atoms with E-state index in [1.165, 1.54) is 5.56 Å². The zero-order valence-electron chi connectivity index (χ0n) is 12.3. The second kappa shape index (κ2) is 6.83. The van der Waals surface area contributed by atoms with Gasteiger partial charge < -0.3 is 9.47 Å². The first-order valence-electron chi connectivity index (χ1n) is 7.54. The second-order valence-electron chi connectivity index (χ2n) is 5.18. The van der Waals surface area contributed by atoms with Crippen LogP contribution in [0.5, 0.6) is 0 Å². The summed E-state index contributed by atoms with van der Waals surface area (Å²) in [6.07, 6.45) is 1.79. The van der Waals surface area contributed by atoms with E-state index in [9.17, 15) is 0 Å². The van der Waals surface area contributed by atoms with Gasteiger partial charge in [-0.2, -0.15) is 5.10 Å². The van der Waals surface area contributed by atoms with E-state index >= 15 is 0 Å². The molecule has 1 N–H and O–H groups in total. The molecule has 1 fully saturated rings. The van der Waals surface area contributed by atoms with E-state index in [4.69, 9.17) is 9.47 Å². The highest BCUT2D eigenvalue weighted by molar-refractivity contribution is 5.22. The lowest BCUT2D eigenvalue weighted by Crippen LogP contribution is -2.08. The van der Waals surface area contributed by atoms with E-state index in [0.717, 1.165) is 37.7 Å². The third-order valence-corrected chi connectivity index (χ3v) is 3.79. The van der Waals surface area contributed by atoms with Gasteiger partial charge in [0.25, 0.3) is 0 Å². The zero-order chi connectivity index (χ0) is 14.5. The van der Waals surface area contributed by atoms with Crippen molar-refractivity contribution >= 4 is 0 Å². The summed E-state index contributed by atoms with van der Waals surface area (Å²) in [4.78, 5) is 4.61. The fourth-order valence-corrected chi connectivity index (χ4v) is 2.73. The fraction of sp³-hybridized carbons (Fsp3) is 0.500. The number of H-pyrrole nitrogens is 1. The second-order valence-corrected chi connectivity index (χ2v) is 5.18. The maximum atomic E-state index is 5.90. The molecule has 1 aromatic heterocycles. The topological polar surface area (TPSA) is 60.0 Å². The predicted octanol–water partition coefficient (Wildman–Crippen LogP) is 2.63. The summed E-state index contributed by atoms with van der Waals surface area (Å²) < 4.78 is 11.2. The maximum Gasteiger partial charge on any atom is 0.156 e. The van der Waals surface area contributed by atoms with Crippen molar-refractivity contribution in [1.82, 2.24) is 15.2 Å². The molecule has 0 bridgehead atoms. The van der Waals surface area contributed by atoms with Gasteiger partial charge in [-0.05, 0) is 18.9 Å². The van der Waals surface area contributed by atoms with E-state index in [0.29, 0.717) is 6.61 Å². The van der Waals surface area contributed by atoms with Gasteiger partial charge in [0.1, 0.15) is 5.82 Å². The SMILES string of the molecule is CCOCCc1nc([C@H]2CCO[C@@H]2c2ccccc2)n[nH]1. The lowest BCUT2D eigenvalue weighted by Gasteiger charge is -2.16. The molecule has 3 rings (SSSR count). The number of aromatic nitrogens is 3. The average Bonchev–Trinajstić information content (AvgIpc) is 3.17. The third-order valence-electron chi connectivity index (χ3n) is 3.79. The van der Waals surface area contributed by atoms with Gasteiger partial charge in [0, 0.05) is 19.6 Å². The lowest BCUT2D eigenvalue weighted by molar-refractivity contribution is 0.103. The van der Waals surface area contributed by atoms with Crippen molar-refractivity contribution in [2.45, 2.75) is 31.8 Å². The van der Waals surface area contributed by atoms with Crippen molar-refractivity contribution < 1.29 is 9.47 Å². The minimum Gasteiger partial charge on any atom is -0.381 e. The molecule has 0 unspecified atom stereocenters. The summed E-state index contributed by atoms with van der Waals surface area (Å²) in [6, 6.07) is 10.3. The minimum atomic E-state index is 0.0572. The van der Waals surface area contributed by atoms with Crippen LogP contribution in [0.1, 0.15) is 42.6 Å². The summed E-state index contributed by atoms with van der Waals surface area (Å²) >= 11 is 0. The largest absolute Gasteiger partial charge is 0.381 e. The first-order valence-corrected chi connectivity index (χ1v) is 7.54. The molecule has 112 valence electrons. The van der Waals surface area contributed by atoms with Crippen LogP contribution in [0.25, 0.3) is 0 Å². The molecule has 2 heterocycles. The van der Waals surface area contributed by atoms with Crippen molar-refractivity contribution in [3.63, 3.8) is 0 Å². The molecule has 5 heteroatoms. The Morgan fingerprint density at radius 3 is 3.00 bits per heavy atom. The Bertz CT molecular complexity index is 556. The zero-order valence-corrected chi connectivity index (χ0v) is 12.3. The first-order chi connectivity index (χ1) is 10.4. The maximum absolute atomic E-state index is 5.90. The number of nitrogens with one attached hydrogen (secondary N) is 1. The summed E-state index contributed by atoms with van der Waals surface area (Å²) in [5.74, 6) is 1.97. The molecule has 1 saturated heterocycles. The van der Waals surface area contributed by atoms with Crippen molar-refractivity contribution in [3.05, 3.63) is 47.5 Å². The van der Waals surface area contributed by atoms with Gasteiger partial charge in [-0.15, -0.1) is 0 Å². The molecule has 2 atom stereocenters. The predicted molar refractivity (Wildman–Crippen MR) is 79.1 cm³/mol. The quantitative estimate of drug-likeness (QED) is 0.830. The molecular weight excluding hydrogens is 266 g/mol. The van der Waals surface area contributed by atoms with E-state index in [1.54, 1.807) is 0 Å². The first kappa shape index (κ1) is 14.2. The van der Waals surface area contributed by atoms with Crippen molar-refractivity contribution in [3.8, 4) is 0 Å². The van der Waals surface area contributed by atoms with Crippen LogP contribution in [-0.4, -0.2) is 35.0 Å². The van der Waals surface area contributed by atoms with Crippen LogP contribution >= 0.6 is 0 Å². The molecule has 21 heavy (non-hydrogen) atoms. The van der Waals surface area contributed by atoms with Gasteiger partial charge in [0.15, 0.2) is 5.82 Å². The third kappa shape index (κ3) is 3.31. The number of benzene rings is 1. The number of ether oxygens (including phenoxy) is 2. The Morgan fingerprint density at radius 1 is 1.33 bits per heavy atom. The summed E-state index contributed by atoms with van der Waals surface area (Å²) in [5.41, 5.74) is 1.20. The number of hydrogen-bond acceptors (Lipinski definition) is 4.